The van der Waals surface area contributed by atoms with Gasteiger partial charge in [0, 0.05) is 13.5 Å². The van der Waals surface area contributed by atoms with E-state index in [1.807, 2.05) is 6.07 Å². The van der Waals surface area contributed by atoms with Gasteiger partial charge in [0.2, 0.25) is 5.91 Å². The second-order valence-corrected chi connectivity index (χ2v) is 4.13. The molecule has 0 radical (unpaired) electrons. The molecule has 5 nitrogen and oxygen atoms in total. The van der Waals surface area contributed by atoms with Crippen LogP contribution in [0.5, 0.6) is 0 Å². The lowest BCUT2D eigenvalue weighted by Gasteiger charge is -2.20. The van der Waals surface area contributed by atoms with Gasteiger partial charge in [0.1, 0.15) is 18.0 Å². The minimum atomic E-state index is -1.37. The van der Waals surface area contributed by atoms with Crippen molar-refractivity contribution in [2.24, 2.45) is 0 Å². The summed E-state index contributed by atoms with van der Waals surface area (Å²) in [5.41, 5.74) is 0.595. The SMILES string of the molecule is CC(=O)NCC(O)C(O)c1cc(F)ccc1CC#N. The van der Waals surface area contributed by atoms with Crippen molar-refractivity contribution in [2.45, 2.75) is 25.6 Å². The number of carbonyl (C=O) groups excluding carboxylic acids is 1. The Bertz CT molecular complexity index is 499. The maximum absolute atomic E-state index is 13.2. The van der Waals surface area contributed by atoms with E-state index in [0.717, 1.165) is 6.07 Å². The lowest BCUT2D eigenvalue weighted by molar-refractivity contribution is -0.119. The van der Waals surface area contributed by atoms with E-state index in [4.69, 9.17) is 5.26 Å². The van der Waals surface area contributed by atoms with Gasteiger partial charge in [-0.25, -0.2) is 4.39 Å². The number of nitriles is 1. The highest BCUT2D eigenvalue weighted by molar-refractivity contribution is 5.72. The van der Waals surface area contributed by atoms with Crippen LogP contribution in [0.2, 0.25) is 0 Å². The molecule has 0 fully saturated rings. The Balaban J connectivity index is 2.91. The lowest BCUT2D eigenvalue weighted by Crippen LogP contribution is -2.34. The Labute approximate surface area is 110 Å². The van der Waals surface area contributed by atoms with Crippen molar-refractivity contribution in [1.29, 1.82) is 5.26 Å². The predicted molar refractivity (Wildman–Crippen MR) is 65.4 cm³/mol. The fourth-order valence-corrected chi connectivity index (χ4v) is 1.65. The van der Waals surface area contributed by atoms with Crippen LogP contribution in [0.4, 0.5) is 4.39 Å². The summed E-state index contributed by atoms with van der Waals surface area (Å²) in [4.78, 5) is 10.7. The molecule has 2 unspecified atom stereocenters. The monoisotopic (exact) mass is 266 g/mol. The Morgan fingerprint density at radius 3 is 2.79 bits per heavy atom. The van der Waals surface area contributed by atoms with Gasteiger partial charge >= 0.3 is 0 Å². The van der Waals surface area contributed by atoms with Gasteiger partial charge in [-0.3, -0.25) is 4.79 Å². The Morgan fingerprint density at radius 2 is 2.21 bits per heavy atom. The first-order chi connectivity index (χ1) is 8.95. The largest absolute Gasteiger partial charge is 0.388 e. The smallest absolute Gasteiger partial charge is 0.216 e. The molecule has 6 heteroatoms. The number of carbonyl (C=O) groups is 1. The fourth-order valence-electron chi connectivity index (χ4n) is 1.65. The Kier molecular flexibility index (Phi) is 5.42. The lowest BCUT2D eigenvalue weighted by atomic mass is 9.96. The first-order valence-electron chi connectivity index (χ1n) is 5.71. The molecular formula is C13H15FN2O3. The molecule has 0 bridgehead atoms. The van der Waals surface area contributed by atoms with Gasteiger partial charge in [0.15, 0.2) is 0 Å². The van der Waals surface area contributed by atoms with Crippen molar-refractivity contribution in [3.05, 3.63) is 35.1 Å². The number of benzene rings is 1. The van der Waals surface area contributed by atoms with Crippen LogP contribution in [0.25, 0.3) is 0 Å². The van der Waals surface area contributed by atoms with Crippen molar-refractivity contribution in [2.75, 3.05) is 6.54 Å². The standard InChI is InChI=1S/C13H15FN2O3/c1-8(17)16-7-12(18)13(19)11-6-10(14)3-2-9(11)4-5-15/h2-3,6,12-13,18-19H,4,7H2,1H3,(H,16,17). The minimum absolute atomic E-state index is 0.000466. The summed E-state index contributed by atoms with van der Waals surface area (Å²) in [6.07, 6.45) is -2.64. The summed E-state index contributed by atoms with van der Waals surface area (Å²) in [5.74, 6) is -0.912. The summed E-state index contributed by atoms with van der Waals surface area (Å²) in [7, 11) is 0. The number of aliphatic hydroxyl groups excluding tert-OH is 2. The molecule has 0 spiro atoms. The van der Waals surface area contributed by atoms with E-state index in [0.29, 0.717) is 5.56 Å². The molecule has 0 aliphatic heterocycles. The molecule has 102 valence electrons. The van der Waals surface area contributed by atoms with Gasteiger partial charge in [-0.1, -0.05) is 6.07 Å². The second-order valence-electron chi connectivity index (χ2n) is 4.13. The third-order valence-corrected chi connectivity index (χ3v) is 2.62. The van der Waals surface area contributed by atoms with Crippen LogP contribution >= 0.6 is 0 Å². The van der Waals surface area contributed by atoms with E-state index in [1.165, 1.54) is 19.1 Å². The van der Waals surface area contributed by atoms with Crippen molar-refractivity contribution in [3.63, 3.8) is 0 Å². The molecule has 1 aromatic rings. The van der Waals surface area contributed by atoms with Gasteiger partial charge in [0.25, 0.3) is 0 Å². The second kappa shape index (κ2) is 6.83. The highest BCUT2D eigenvalue weighted by atomic mass is 19.1. The van der Waals surface area contributed by atoms with Crippen molar-refractivity contribution in [3.8, 4) is 6.07 Å². The zero-order valence-electron chi connectivity index (χ0n) is 10.4. The summed E-state index contributed by atoms with van der Waals surface area (Å²) < 4.78 is 13.2. The van der Waals surface area contributed by atoms with Crippen LogP contribution in [0.3, 0.4) is 0 Å². The van der Waals surface area contributed by atoms with Crippen molar-refractivity contribution >= 4 is 5.91 Å². The molecule has 0 aromatic heterocycles. The molecule has 0 saturated heterocycles. The third kappa shape index (κ3) is 4.32. The van der Waals surface area contributed by atoms with Crippen LogP contribution in [0.1, 0.15) is 24.2 Å². The number of rotatable bonds is 5. The minimum Gasteiger partial charge on any atom is -0.388 e. The van der Waals surface area contributed by atoms with Gasteiger partial charge in [0.05, 0.1) is 12.5 Å². The quantitative estimate of drug-likeness (QED) is 0.720. The molecule has 0 aliphatic rings. The van der Waals surface area contributed by atoms with E-state index >= 15 is 0 Å². The van der Waals surface area contributed by atoms with E-state index in [-0.39, 0.29) is 24.4 Å². The fraction of sp³-hybridized carbons (Fsp3) is 0.385. The summed E-state index contributed by atoms with van der Waals surface area (Å²) in [6, 6.07) is 5.56. The zero-order chi connectivity index (χ0) is 14.4. The molecular weight excluding hydrogens is 251 g/mol. The first-order valence-corrected chi connectivity index (χ1v) is 5.71. The van der Waals surface area contributed by atoms with E-state index in [9.17, 15) is 19.4 Å². The van der Waals surface area contributed by atoms with Crippen LogP contribution in [0, 0.1) is 17.1 Å². The Morgan fingerprint density at radius 1 is 1.53 bits per heavy atom. The summed E-state index contributed by atoms with van der Waals surface area (Å²) in [5, 5.41) is 30.7. The van der Waals surface area contributed by atoms with E-state index in [1.54, 1.807) is 0 Å². The maximum Gasteiger partial charge on any atom is 0.216 e. The molecule has 2 atom stereocenters. The van der Waals surface area contributed by atoms with E-state index in [2.05, 4.69) is 5.32 Å². The predicted octanol–water partition coefficient (Wildman–Crippen LogP) is 0.422. The van der Waals surface area contributed by atoms with Gasteiger partial charge in [-0.05, 0) is 23.3 Å². The highest BCUT2D eigenvalue weighted by Gasteiger charge is 2.21. The highest BCUT2D eigenvalue weighted by Crippen LogP contribution is 2.22. The molecule has 0 saturated carbocycles. The van der Waals surface area contributed by atoms with Crippen molar-refractivity contribution in [1.82, 2.24) is 5.32 Å². The topological polar surface area (TPSA) is 93.3 Å². The van der Waals surface area contributed by atoms with Gasteiger partial charge in [-0.15, -0.1) is 0 Å². The van der Waals surface area contributed by atoms with Crippen LogP contribution in [-0.4, -0.2) is 28.8 Å². The molecule has 0 aliphatic carbocycles. The molecule has 1 aromatic carbocycles. The Hall–Kier alpha value is -1.97. The summed E-state index contributed by atoms with van der Waals surface area (Å²) >= 11 is 0. The molecule has 19 heavy (non-hydrogen) atoms. The van der Waals surface area contributed by atoms with Crippen LogP contribution < -0.4 is 5.32 Å². The zero-order valence-corrected chi connectivity index (χ0v) is 10.4. The molecule has 1 rings (SSSR count). The van der Waals surface area contributed by atoms with Crippen molar-refractivity contribution < 1.29 is 19.4 Å². The number of halogens is 1. The van der Waals surface area contributed by atoms with Gasteiger partial charge < -0.3 is 15.5 Å². The maximum atomic E-state index is 13.2. The number of nitrogens with zero attached hydrogens (tertiary/aromatic N) is 1. The van der Waals surface area contributed by atoms with E-state index < -0.39 is 18.0 Å². The average molecular weight is 266 g/mol. The first kappa shape index (κ1) is 15.1. The number of hydrogen-bond acceptors (Lipinski definition) is 4. The number of hydrogen-bond donors (Lipinski definition) is 3. The molecule has 1 amide bonds. The number of amides is 1. The number of nitrogens with one attached hydrogen (secondary N) is 1. The van der Waals surface area contributed by atoms with Gasteiger partial charge in [-0.2, -0.15) is 5.26 Å². The van der Waals surface area contributed by atoms with Crippen LogP contribution in [0.15, 0.2) is 18.2 Å². The summed E-state index contributed by atoms with van der Waals surface area (Å²) in [6.45, 7) is 1.13. The third-order valence-electron chi connectivity index (χ3n) is 2.62. The average Bonchev–Trinajstić information content (AvgIpc) is 2.37. The molecule has 3 N–H and O–H groups in total. The van der Waals surface area contributed by atoms with Crippen LogP contribution in [-0.2, 0) is 11.2 Å². The normalized spacial score (nSPS) is 13.4. The number of aliphatic hydroxyl groups is 2. The molecule has 0 heterocycles.